The molecule has 9 heteroatoms. The van der Waals surface area contributed by atoms with Crippen molar-refractivity contribution in [3.05, 3.63) is 83.9 Å². The smallest absolute Gasteiger partial charge is 0.416 e. The maximum absolute atomic E-state index is 12.8. The standard InChI is InChI=1S/C23H20F3N3O3/c1-32-20-10-4-9-19(13-20)28-21(30)14-27-17-7-2-5-15(11-17)22(31)29-18-8-3-6-16(12-18)23(24,25)26/h2-13,27H,14H2,1H3,(H,28,30)(H,29,31). The molecule has 0 radical (unpaired) electrons. The van der Waals surface area contributed by atoms with Gasteiger partial charge in [0.25, 0.3) is 5.91 Å². The molecule has 0 spiro atoms. The molecule has 3 N–H and O–H groups in total. The van der Waals surface area contributed by atoms with E-state index >= 15 is 0 Å². The van der Waals surface area contributed by atoms with Crippen molar-refractivity contribution in [1.29, 1.82) is 0 Å². The molecule has 0 aliphatic rings. The van der Waals surface area contributed by atoms with Crippen molar-refractivity contribution < 1.29 is 27.5 Å². The number of ether oxygens (including phenoxy) is 1. The Hall–Kier alpha value is -4.01. The van der Waals surface area contributed by atoms with Gasteiger partial charge >= 0.3 is 6.18 Å². The van der Waals surface area contributed by atoms with E-state index in [1.54, 1.807) is 36.4 Å². The highest BCUT2D eigenvalue weighted by atomic mass is 19.4. The van der Waals surface area contributed by atoms with Crippen LogP contribution in [0.2, 0.25) is 0 Å². The van der Waals surface area contributed by atoms with E-state index in [4.69, 9.17) is 4.74 Å². The molecule has 3 aromatic carbocycles. The maximum Gasteiger partial charge on any atom is 0.416 e. The van der Waals surface area contributed by atoms with Gasteiger partial charge in [-0.2, -0.15) is 13.2 Å². The van der Waals surface area contributed by atoms with Crippen LogP contribution in [0.25, 0.3) is 0 Å². The van der Waals surface area contributed by atoms with Crippen LogP contribution in [0, 0.1) is 0 Å². The average molecular weight is 443 g/mol. The maximum atomic E-state index is 12.8. The van der Waals surface area contributed by atoms with Crippen LogP contribution in [0.15, 0.2) is 72.8 Å². The van der Waals surface area contributed by atoms with Crippen LogP contribution in [-0.4, -0.2) is 25.5 Å². The first-order valence-corrected chi connectivity index (χ1v) is 9.51. The fourth-order valence-electron chi connectivity index (χ4n) is 2.84. The Balaban J connectivity index is 1.60. The average Bonchev–Trinajstić information content (AvgIpc) is 2.77. The minimum Gasteiger partial charge on any atom is -0.497 e. The van der Waals surface area contributed by atoms with Crippen LogP contribution in [0.1, 0.15) is 15.9 Å². The molecule has 2 amide bonds. The molecule has 0 heterocycles. The van der Waals surface area contributed by atoms with Gasteiger partial charge in [-0.05, 0) is 48.5 Å². The summed E-state index contributed by atoms with van der Waals surface area (Å²) in [5, 5.41) is 8.08. The molecule has 0 aliphatic heterocycles. The summed E-state index contributed by atoms with van der Waals surface area (Å²) in [6.45, 7) is -0.0596. The van der Waals surface area contributed by atoms with Crippen molar-refractivity contribution in [3.8, 4) is 5.75 Å². The van der Waals surface area contributed by atoms with Gasteiger partial charge in [0, 0.05) is 28.7 Å². The lowest BCUT2D eigenvalue weighted by Crippen LogP contribution is -2.22. The molecule has 6 nitrogen and oxygen atoms in total. The number of carbonyl (C=O) groups excluding carboxylic acids is 2. The van der Waals surface area contributed by atoms with E-state index in [0.717, 1.165) is 12.1 Å². The number of alkyl halides is 3. The first-order chi connectivity index (χ1) is 15.2. The molecule has 0 unspecified atom stereocenters. The van der Waals surface area contributed by atoms with Crippen molar-refractivity contribution in [1.82, 2.24) is 0 Å². The second kappa shape index (κ2) is 9.86. The van der Waals surface area contributed by atoms with Gasteiger partial charge in [0.1, 0.15) is 5.75 Å². The lowest BCUT2D eigenvalue weighted by atomic mass is 10.1. The highest BCUT2D eigenvalue weighted by molar-refractivity contribution is 6.05. The summed E-state index contributed by atoms with van der Waals surface area (Å²) in [7, 11) is 1.53. The molecule has 0 atom stereocenters. The van der Waals surface area contributed by atoms with Gasteiger partial charge in [-0.1, -0.05) is 18.2 Å². The highest BCUT2D eigenvalue weighted by Crippen LogP contribution is 2.30. The third kappa shape index (κ3) is 6.24. The lowest BCUT2D eigenvalue weighted by molar-refractivity contribution is -0.137. The second-order valence-electron chi connectivity index (χ2n) is 6.75. The summed E-state index contributed by atoms with van der Waals surface area (Å²) in [6.07, 6.45) is -4.50. The molecule has 0 saturated carbocycles. The summed E-state index contributed by atoms with van der Waals surface area (Å²) in [5.74, 6) is -0.277. The molecule has 0 fully saturated rings. The molecule has 0 saturated heterocycles. The Morgan fingerprint density at radius 2 is 1.50 bits per heavy atom. The Labute approximate surface area is 182 Å². The number of nitrogens with one attached hydrogen (secondary N) is 3. The second-order valence-corrected chi connectivity index (χ2v) is 6.75. The SMILES string of the molecule is COc1cccc(NC(=O)CNc2cccc(C(=O)Nc3cccc(C(F)(F)F)c3)c2)c1. The Kier molecular flexibility index (Phi) is 6.99. The quantitative estimate of drug-likeness (QED) is 0.479. The van der Waals surface area contributed by atoms with Crippen LogP contribution in [0.5, 0.6) is 5.75 Å². The summed E-state index contributed by atoms with van der Waals surface area (Å²) in [6, 6.07) is 17.6. The van der Waals surface area contributed by atoms with E-state index < -0.39 is 17.6 Å². The topological polar surface area (TPSA) is 79.5 Å². The molecule has 0 aromatic heterocycles. The van der Waals surface area contributed by atoms with Crippen LogP contribution < -0.4 is 20.7 Å². The number of halogens is 3. The molecule has 0 bridgehead atoms. The Bertz CT molecular complexity index is 1120. The van der Waals surface area contributed by atoms with Crippen LogP contribution >= 0.6 is 0 Å². The van der Waals surface area contributed by atoms with Gasteiger partial charge in [0.15, 0.2) is 0 Å². The number of anilines is 3. The number of carbonyl (C=O) groups is 2. The van der Waals surface area contributed by atoms with Crippen LogP contribution in [0.3, 0.4) is 0 Å². The first kappa shape index (κ1) is 22.7. The van der Waals surface area contributed by atoms with Crippen molar-refractivity contribution >= 4 is 28.9 Å². The predicted molar refractivity (Wildman–Crippen MR) is 116 cm³/mol. The molecule has 0 aliphatic carbocycles. The zero-order valence-corrected chi connectivity index (χ0v) is 17.0. The molecule has 3 aromatic rings. The van der Waals surface area contributed by atoms with Gasteiger partial charge in [-0.15, -0.1) is 0 Å². The minimum absolute atomic E-state index is 0.0286. The minimum atomic E-state index is -4.50. The number of benzene rings is 3. The molecule has 32 heavy (non-hydrogen) atoms. The van der Waals surface area contributed by atoms with E-state index in [0.29, 0.717) is 17.1 Å². The normalized spacial score (nSPS) is 10.9. The fourth-order valence-corrected chi connectivity index (χ4v) is 2.84. The van der Waals surface area contributed by atoms with Gasteiger partial charge in [0.2, 0.25) is 5.91 Å². The van der Waals surface area contributed by atoms with Gasteiger partial charge < -0.3 is 20.7 Å². The van der Waals surface area contributed by atoms with Crippen LogP contribution in [0.4, 0.5) is 30.2 Å². The van der Waals surface area contributed by atoms with Crippen molar-refractivity contribution in [2.75, 3.05) is 29.6 Å². The van der Waals surface area contributed by atoms with E-state index in [1.165, 1.54) is 31.4 Å². The molecule has 166 valence electrons. The largest absolute Gasteiger partial charge is 0.497 e. The molecular formula is C23H20F3N3O3. The zero-order chi connectivity index (χ0) is 23.1. The summed E-state index contributed by atoms with van der Waals surface area (Å²) >= 11 is 0. The number of hydrogen-bond acceptors (Lipinski definition) is 4. The Morgan fingerprint density at radius 3 is 2.22 bits per heavy atom. The zero-order valence-electron chi connectivity index (χ0n) is 17.0. The third-order valence-corrected chi connectivity index (χ3v) is 4.38. The summed E-state index contributed by atoms with van der Waals surface area (Å²) < 4.78 is 43.6. The van der Waals surface area contributed by atoms with Gasteiger partial charge in [-0.25, -0.2) is 0 Å². The van der Waals surface area contributed by atoms with E-state index in [2.05, 4.69) is 16.0 Å². The van der Waals surface area contributed by atoms with E-state index in [1.807, 2.05) is 0 Å². The van der Waals surface area contributed by atoms with Gasteiger partial charge in [0.05, 0.1) is 19.2 Å². The van der Waals surface area contributed by atoms with E-state index in [9.17, 15) is 22.8 Å². The Morgan fingerprint density at radius 1 is 0.844 bits per heavy atom. The number of hydrogen-bond donors (Lipinski definition) is 3. The highest BCUT2D eigenvalue weighted by Gasteiger charge is 2.30. The van der Waals surface area contributed by atoms with Crippen molar-refractivity contribution in [2.45, 2.75) is 6.18 Å². The number of rotatable bonds is 7. The third-order valence-electron chi connectivity index (χ3n) is 4.38. The first-order valence-electron chi connectivity index (χ1n) is 9.51. The monoisotopic (exact) mass is 443 g/mol. The summed E-state index contributed by atoms with van der Waals surface area (Å²) in [5.41, 5.74) is 0.474. The number of amides is 2. The fraction of sp³-hybridized carbons (Fsp3) is 0.130. The van der Waals surface area contributed by atoms with Crippen molar-refractivity contribution in [3.63, 3.8) is 0 Å². The summed E-state index contributed by atoms with van der Waals surface area (Å²) in [4.78, 5) is 24.6. The van der Waals surface area contributed by atoms with Gasteiger partial charge in [-0.3, -0.25) is 9.59 Å². The predicted octanol–water partition coefficient (Wildman–Crippen LogP) is 5.02. The van der Waals surface area contributed by atoms with Crippen molar-refractivity contribution in [2.24, 2.45) is 0 Å². The van der Waals surface area contributed by atoms with Crippen LogP contribution in [-0.2, 0) is 11.0 Å². The molecular weight excluding hydrogens is 423 g/mol. The van der Waals surface area contributed by atoms with E-state index in [-0.39, 0.29) is 23.7 Å². The lowest BCUT2D eigenvalue weighted by Gasteiger charge is -2.11. The number of methoxy groups -OCH3 is 1. The molecule has 3 rings (SSSR count).